The molecule has 0 radical (unpaired) electrons. The van der Waals surface area contributed by atoms with Crippen LogP contribution in [0.4, 0.5) is 11.6 Å². The zero-order valence-electron chi connectivity index (χ0n) is 13.6. The van der Waals surface area contributed by atoms with E-state index < -0.39 is 0 Å². The van der Waals surface area contributed by atoms with Crippen molar-refractivity contribution in [3.05, 3.63) is 30.6 Å². The molecule has 2 N–H and O–H groups in total. The molecule has 10 nitrogen and oxygen atoms in total. The van der Waals surface area contributed by atoms with Crippen LogP contribution in [0.15, 0.2) is 24.8 Å². The van der Waals surface area contributed by atoms with Crippen LogP contribution in [0.5, 0.6) is 0 Å². The third-order valence-electron chi connectivity index (χ3n) is 4.47. The minimum atomic E-state index is 0.535. The van der Waals surface area contributed by atoms with Crippen molar-refractivity contribution in [2.45, 2.75) is 6.92 Å². The predicted octanol–water partition coefficient (Wildman–Crippen LogP) is 0.647. The molecule has 0 unspecified atom stereocenters. The van der Waals surface area contributed by atoms with E-state index in [1.165, 1.54) is 6.33 Å². The lowest BCUT2D eigenvalue weighted by atomic mass is 10.0. The minimum absolute atomic E-state index is 0.535. The molecule has 4 aromatic rings. The highest BCUT2D eigenvalue weighted by Crippen LogP contribution is 2.24. The molecule has 0 bridgehead atoms. The molecule has 0 spiro atoms. The SMILES string of the molecule is Cc1nnc2ccc(N3CC(CNc4ncnc5nc[nH]c45)C3)nn12. The number of aromatic amines is 1. The Morgan fingerprint density at radius 1 is 1.20 bits per heavy atom. The highest BCUT2D eigenvalue weighted by Gasteiger charge is 2.28. The summed E-state index contributed by atoms with van der Waals surface area (Å²) in [5.74, 6) is 3.07. The standard InChI is InChI=1S/C15H16N10/c1-9-21-22-11-2-3-12(23-25(9)11)24-5-10(6-24)4-16-14-13-15(18-7-17-13)20-8-19-14/h2-3,7-8,10H,4-6H2,1H3,(H2,16,17,18,19,20). The third-order valence-corrected chi connectivity index (χ3v) is 4.47. The minimum Gasteiger partial charge on any atom is -0.368 e. The number of hydrogen-bond acceptors (Lipinski definition) is 8. The quantitative estimate of drug-likeness (QED) is 0.558. The molecule has 1 saturated heterocycles. The first-order valence-corrected chi connectivity index (χ1v) is 8.10. The number of imidazole rings is 1. The number of rotatable bonds is 4. The van der Waals surface area contributed by atoms with Gasteiger partial charge in [0, 0.05) is 25.6 Å². The van der Waals surface area contributed by atoms with Gasteiger partial charge in [-0.1, -0.05) is 0 Å². The van der Waals surface area contributed by atoms with Crippen LogP contribution in [0.25, 0.3) is 16.8 Å². The molecular formula is C15H16N10. The summed E-state index contributed by atoms with van der Waals surface area (Å²) >= 11 is 0. The summed E-state index contributed by atoms with van der Waals surface area (Å²) in [7, 11) is 0. The van der Waals surface area contributed by atoms with E-state index in [1.54, 1.807) is 10.8 Å². The van der Waals surface area contributed by atoms with Crippen LogP contribution in [-0.4, -0.2) is 59.4 Å². The van der Waals surface area contributed by atoms with Crippen LogP contribution in [-0.2, 0) is 0 Å². The normalized spacial score (nSPS) is 15.0. The van der Waals surface area contributed by atoms with Gasteiger partial charge in [0.1, 0.15) is 17.7 Å². The van der Waals surface area contributed by atoms with Crippen molar-refractivity contribution in [3.8, 4) is 0 Å². The molecule has 1 fully saturated rings. The Morgan fingerprint density at radius 3 is 3.04 bits per heavy atom. The van der Waals surface area contributed by atoms with Gasteiger partial charge in [0.2, 0.25) is 0 Å². The van der Waals surface area contributed by atoms with Gasteiger partial charge in [-0.15, -0.1) is 15.3 Å². The van der Waals surface area contributed by atoms with Crippen molar-refractivity contribution in [2.75, 3.05) is 29.9 Å². The van der Waals surface area contributed by atoms with E-state index in [-0.39, 0.29) is 0 Å². The number of nitrogens with zero attached hydrogens (tertiary/aromatic N) is 8. The monoisotopic (exact) mass is 336 g/mol. The van der Waals surface area contributed by atoms with Crippen LogP contribution in [0, 0.1) is 12.8 Å². The van der Waals surface area contributed by atoms with Crippen LogP contribution in [0.2, 0.25) is 0 Å². The van der Waals surface area contributed by atoms with E-state index in [2.05, 4.69) is 45.4 Å². The average molecular weight is 336 g/mol. The van der Waals surface area contributed by atoms with E-state index in [0.29, 0.717) is 11.6 Å². The van der Waals surface area contributed by atoms with Crippen molar-refractivity contribution in [1.82, 2.24) is 39.7 Å². The number of nitrogens with one attached hydrogen (secondary N) is 2. The Kier molecular flexibility index (Phi) is 3.02. The summed E-state index contributed by atoms with van der Waals surface area (Å²) in [4.78, 5) is 17.9. The summed E-state index contributed by atoms with van der Waals surface area (Å²) in [6, 6.07) is 3.94. The van der Waals surface area contributed by atoms with E-state index in [0.717, 1.165) is 48.3 Å². The second-order valence-electron chi connectivity index (χ2n) is 6.18. The van der Waals surface area contributed by atoms with E-state index >= 15 is 0 Å². The molecule has 0 saturated carbocycles. The van der Waals surface area contributed by atoms with Gasteiger partial charge >= 0.3 is 0 Å². The number of anilines is 2. The highest BCUT2D eigenvalue weighted by molar-refractivity contribution is 5.81. The van der Waals surface area contributed by atoms with Crippen molar-refractivity contribution in [1.29, 1.82) is 0 Å². The Labute approximate surface area is 142 Å². The van der Waals surface area contributed by atoms with E-state index in [9.17, 15) is 0 Å². The molecule has 5 heterocycles. The van der Waals surface area contributed by atoms with Crippen molar-refractivity contribution in [3.63, 3.8) is 0 Å². The van der Waals surface area contributed by atoms with Crippen molar-refractivity contribution >= 4 is 28.4 Å². The molecule has 25 heavy (non-hydrogen) atoms. The summed E-state index contributed by atoms with van der Waals surface area (Å²) < 4.78 is 1.77. The number of hydrogen-bond donors (Lipinski definition) is 2. The zero-order chi connectivity index (χ0) is 16.8. The molecular weight excluding hydrogens is 320 g/mol. The Morgan fingerprint density at radius 2 is 2.12 bits per heavy atom. The van der Waals surface area contributed by atoms with Crippen LogP contribution in [0.1, 0.15) is 5.82 Å². The Balaban J connectivity index is 1.24. The van der Waals surface area contributed by atoms with Gasteiger partial charge in [-0.3, -0.25) is 0 Å². The first kappa shape index (κ1) is 14.1. The van der Waals surface area contributed by atoms with Crippen LogP contribution in [0.3, 0.4) is 0 Å². The second-order valence-corrected chi connectivity index (χ2v) is 6.18. The van der Waals surface area contributed by atoms with Gasteiger partial charge in [0.15, 0.2) is 22.9 Å². The molecule has 1 aliphatic heterocycles. The van der Waals surface area contributed by atoms with E-state index in [1.807, 2.05) is 19.1 Å². The molecule has 0 aromatic carbocycles. The molecule has 126 valence electrons. The molecule has 0 aliphatic carbocycles. The molecule has 10 heteroatoms. The van der Waals surface area contributed by atoms with E-state index in [4.69, 9.17) is 0 Å². The predicted molar refractivity (Wildman–Crippen MR) is 91.4 cm³/mol. The molecule has 1 aliphatic rings. The molecule has 4 aromatic heterocycles. The molecule has 0 amide bonds. The lowest BCUT2D eigenvalue weighted by molar-refractivity contribution is 0.424. The lowest BCUT2D eigenvalue weighted by Crippen LogP contribution is -2.50. The Bertz CT molecular complexity index is 1040. The van der Waals surface area contributed by atoms with Gasteiger partial charge in [0.05, 0.1) is 6.33 Å². The Hall–Kier alpha value is -3.30. The summed E-state index contributed by atoms with van der Waals surface area (Å²) in [5, 5.41) is 16.1. The number of H-pyrrole nitrogens is 1. The third kappa shape index (κ3) is 2.33. The van der Waals surface area contributed by atoms with Gasteiger partial charge in [-0.05, 0) is 19.1 Å². The summed E-state index contributed by atoms with van der Waals surface area (Å²) in [5.41, 5.74) is 2.29. The number of aromatic nitrogens is 8. The maximum atomic E-state index is 4.61. The largest absolute Gasteiger partial charge is 0.368 e. The first-order valence-electron chi connectivity index (χ1n) is 8.10. The highest BCUT2D eigenvalue weighted by atomic mass is 15.4. The van der Waals surface area contributed by atoms with Crippen molar-refractivity contribution < 1.29 is 0 Å². The van der Waals surface area contributed by atoms with Gasteiger partial charge in [-0.25, -0.2) is 15.0 Å². The molecule has 0 atom stereocenters. The fourth-order valence-corrected chi connectivity index (χ4v) is 3.08. The topological polar surface area (TPSA) is 113 Å². The second kappa shape index (κ2) is 5.36. The fraction of sp³-hybridized carbons (Fsp3) is 0.333. The maximum absolute atomic E-state index is 4.61. The van der Waals surface area contributed by atoms with Gasteiger partial charge in [0.25, 0.3) is 0 Å². The van der Waals surface area contributed by atoms with Crippen molar-refractivity contribution in [2.24, 2.45) is 5.92 Å². The smallest absolute Gasteiger partial charge is 0.182 e. The average Bonchev–Trinajstić information content (AvgIpc) is 3.21. The zero-order valence-corrected chi connectivity index (χ0v) is 13.6. The van der Waals surface area contributed by atoms with Crippen LogP contribution >= 0.6 is 0 Å². The maximum Gasteiger partial charge on any atom is 0.182 e. The van der Waals surface area contributed by atoms with Gasteiger partial charge in [-0.2, -0.15) is 4.52 Å². The fourth-order valence-electron chi connectivity index (χ4n) is 3.08. The summed E-state index contributed by atoms with van der Waals surface area (Å²) in [6.45, 7) is 4.64. The lowest BCUT2D eigenvalue weighted by Gasteiger charge is -2.40. The first-order chi connectivity index (χ1) is 12.3. The van der Waals surface area contributed by atoms with Gasteiger partial charge < -0.3 is 15.2 Å². The summed E-state index contributed by atoms with van der Waals surface area (Å²) in [6.07, 6.45) is 3.16. The number of aryl methyl sites for hydroxylation is 1. The molecule has 5 rings (SSSR count). The van der Waals surface area contributed by atoms with Crippen LogP contribution < -0.4 is 10.2 Å². The number of fused-ring (bicyclic) bond motifs is 2.